The van der Waals surface area contributed by atoms with Gasteiger partial charge in [-0.2, -0.15) is 13.2 Å². The number of carbonyl (C=O) groups is 1. The number of nitrogens with zero attached hydrogens (tertiary/aromatic N) is 2. The molecule has 3 heterocycles. The summed E-state index contributed by atoms with van der Waals surface area (Å²) in [6.07, 6.45) is -3.16. The molecule has 0 saturated carbocycles. The molecule has 3 aliphatic rings. The standard InChI is InChI=1S/C28H34F3N3O3/c1-2-36-25(35)18-34-14-12-33(13-15-34)17-21-9-10-22-26(19-6-4-3-5-7-19)32-24-11-8-20(28(29,30)31)16-23(24)27(22)37-21/h3-8,11,16,21-22,26-27,32H,2,9-10,12-15,17-18H2,1H3/t21-,22+,26+,27+/m1/s1. The molecular formula is C28H34F3N3O3. The third kappa shape index (κ3) is 5.94. The van der Waals surface area contributed by atoms with Crippen molar-refractivity contribution in [1.29, 1.82) is 0 Å². The number of hydrogen-bond acceptors (Lipinski definition) is 6. The summed E-state index contributed by atoms with van der Waals surface area (Å²) in [6.45, 7) is 6.40. The Labute approximate surface area is 215 Å². The Balaban J connectivity index is 1.30. The van der Waals surface area contributed by atoms with E-state index in [2.05, 4.69) is 27.2 Å². The molecule has 0 aliphatic carbocycles. The number of ether oxygens (including phenoxy) is 2. The molecule has 9 heteroatoms. The highest BCUT2D eigenvalue weighted by Gasteiger charge is 2.44. The van der Waals surface area contributed by atoms with Crippen molar-refractivity contribution in [2.24, 2.45) is 5.92 Å². The van der Waals surface area contributed by atoms with Gasteiger partial charge in [0.25, 0.3) is 0 Å². The molecule has 37 heavy (non-hydrogen) atoms. The number of alkyl halides is 3. The number of piperazine rings is 1. The van der Waals surface area contributed by atoms with E-state index in [1.54, 1.807) is 13.0 Å². The van der Waals surface area contributed by atoms with Crippen molar-refractivity contribution in [3.8, 4) is 0 Å². The number of esters is 1. The maximum absolute atomic E-state index is 13.6. The van der Waals surface area contributed by atoms with Gasteiger partial charge in [0.05, 0.1) is 37.0 Å². The van der Waals surface area contributed by atoms with E-state index >= 15 is 0 Å². The quantitative estimate of drug-likeness (QED) is 0.551. The summed E-state index contributed by atoms with van der Waals surface area (Å²) >= 11 is 0. The van der Waals surface area contributed by atoms with E-state index < -0.39 is 17.8 Å². The number of anilines is 1. The van der Waals surface area contributed by atoms with Gasteiger partial charge >= 0.3 is 12.1 Å². The molecule has 0 bridgehead atoms. The van der Waals surface area contributed by atoms with E-state index in [9.17, 15) is 18.0 Å². The van der Waals surface area contributed by atoms with Crippen LogP contribution in [0.4, 0.5) is 18.9 Å². The number of rotatable bonds is 6. The zero-order valence-electron chi connectivity index (χ0n) is 21.0. The maximum Gasteiger partial charge on any atom is 0.416 e. The van der Waals surface area contributed by atoms with E-state index in [1.807, 2.05) is 18.2 Å². The Morgan fingerprint density at radius 1 is 1.05 bits per heavy atom. The zero-order chi connectivity index (χ0) is 26.0. The van der Waals surface area contributed by atoms with E-state index in [0.717, 1.165) is 57.2 Å². The Bertz CT molecular complexity index is 1070. The third-order valence-electron chi connectivity index (χ3n) is 7.72. The van der Waals surface area contributed by atoms with Crippen molar-refractivity contribution < 1.29 is 27.4 Å². The summed E-state index contributed by atoms with van der Waals surface area (Å²) in [5, 5.41) is 3.52. The lowest BCUT2D eigenvalue weighted by molar-refractivity contribution is -0.145. The van der Waals surface area contributed by atoms with Crippen LogP contribution in [0.5, 0.6) is 0 Å². The molecule has 0 unspecified atom stereocenters. The number of hydrogen-bond donors (Lipinski definition) is 1. The van der Waals surface area contributed by atoms with Gasteiger partial charge in [-0.3, -0.25) is 14.6 Å². The number of halogens is 3. The van der Waals surface area contributed by atoms with Crippen molar-refractivity contribution in [3.05, 3.63) is 65.2 Å². The molecule has 6 nitrogen and oxygen atoms in total. The molecule has 2 fully saturated rings. The number of nitrogens with one attached hydrogen (secondary N) is 1. The maximum atomic E-state index is 13.6. The predicted molar refractivity (Wildman–Crippen MR) is 134 cm³/mol. The van der Waals surface area contributed by atoms with Crippen LogP contribution in [0.25, 0.3) is 0 Å². The zero-order valence-corrected chi connectivity index (χ0v) is 21.0. The second-order valence-electron chi connectivity index (χ2n) is 10.1. The average molecular weight is 518 g/mol. The molecule has 2 aromatic rings. The van der Waals surface area contributed by atoms with Crippen LogP contribution in [-0.2, 0) is 20.4 Å². The highest BCUT2D eigenvalue weighted by molar-refractivity contribution is 5.71. The first-order chi connectivity index (χ1) is 17.8. The van der Waals surface area contributed by atoms with Crippen LogP contribution in [0.15, 0.2) is 48.5 Å². The van der Waals surface area contributed by atoms with Gasteiger partial charge < -0.3 is 14.8 Å². The van der Waals surface area contributed by atoms with Gasteiger partial charge in [0.15, 0.2) is 0 Å². The monoisotopic (exact) mass is 517 g/mol. The lowest BCUT2D eigenvalue weighted by Gasteiger charge is -2.47. The predicted octanol–water partition coefficient (Wildman–Crippen LogP) is 4.89. The molecule has 1 N–H and O–H groups in total. The molecular weight excluding hydrogens is 483 g/mol. The van der Waals surface area contributed by atoms with Crippen molar-refractivity contribution in [2.75, 3.05) is 51.2 Å². The van der Waals surface area contributed by atoms with Gasteiger partial charge in [-0.25, -0.2) is 0 Å². The molecule has 4 atom stereocenters. The van der Waals surface area contributed by atoms with Crippen molar-refractivity contribution >= 4 is 11.7 Å². The fourth-order valence-corrected chi connectivity index (χ4v) is 5.86. The first-order valence-electron chi connectivity index (χ1n) is 13.1. The van der Waals surface area contributed by atoms with Crippen LogP contribution in [0.1, 0.15) is 48.6 Å². The van der Waals surface area contributed by atoms with Crippen LogP contribution in [-0.4, -0.2) is 67.7 Å². The minimum absolute atomic E-state index is 0.0252. The molecule has 5 rings (SSSR count). The third-order valence-corrected chi connectivity index (χ3v) is 7.72. The Hall–Kier alpha value is -2.62. The lowest BCUT2D eigenvalue weighted by atomic mass is 9.76. The normalized spacial score (nSPS) is 26.6. The minimum Gasteiger partial charge on any atom is -0.465 e. The number of fused-ring (bicyclic) bond motifs is 3. The van der Waals surface area contributed by atoms with Crippen LogP contribution in [0, 0.1) is 5.92 Å². The molecule has 2 saturated heterocycles. The average Bonchev–Trinajstić information content (AvgIpc) is 2.89. The fourth-order valence-electron chi connectivity index (χ4n) is 5.86. The second kappa shape index (κ2) is 11.0. The van der Waals surface area contributed by atoms with Crippen molar-refractivity contribution in [3.63, 3.8) is 0 Å². The summed E-state index contributed by atoms with van der Waals surface area (Å²) in [6, 6.07) is 14.0. The first kappa shape index (κ1) is 26.0. The first-order valence-corrected chi connectivity index (χ1v) is 13.1. The fraction of sp³-hybridized carbons (Fsp3) is 0.536. The van der Waals surface area contributed by atoms with E-state index in [0.29, 0.717) is 24.4 Å². The lowest BCUT2D eigenvalue weighted by Crippen LogP contribution is -2.51. The molecule has 0 aromatic heterocycles. The van der Waals surface area contributed by atoms with Crippen molar-refractivity contribution in [1.82, 2.24) is 9.80 Å². The molecule has 2 aromatic carbocycles. The van der Waals surface area contributed by atoms with Gasteiger partial charge in [0.2, 0.25) is 0 Å². The van der Waals surface area contributed by atoms with E-state index in [-0.39, 0.29) is 24.0 Å². The van der Waals surface area contributed by atoms with Gasteiger partial charge in [-0.05, 0) is 43.5 Å². The summed E-state index contributed by atoms with van der Waals surface area (Å²) in [7, 11) is 0. The molecule has 0 spiro atoms. The smallest absolute Gasteiger partial charge is 0.416 e. The Morgan fingerprint density at radius 2 is 1.78 bits per heavy atom. The Kier molecular flexibility index (Phi) is 7.74. The minimum atomic E-state index is -4.40. The van der Waals surface area contributed by atoms with Gasteiger partial charge in [-0.15, -0.1) is 0 Å². The summed E-state index contributed by atoms with van der Waals surface area (Å²) in [5.41, 5.74) is 1.77. The van der Waals surface area contributed by atoms with Gasteiger partial charge in [0.1, 0.15) is 0 Å². The molecule has 0 amide bonds. The van der Waals surface area contributed by atoms with E-state index in [4.69, 9.17) is 9.47 Å². The molecule has 0 radical (unpaired) electrons. The SMILES string of the molecule is CCOC(=O)CN1CCN(C[C@H]2CC[C@@H]3[C@H](O2)c2cc(C(F)(F)F)ccc2N[C@H]3c2ccccc2)CC1. The van der Waals surface area contributed by atoms with Gasteiger partial charge in [-0.1, -0.05) is 30.3 Å². The molecule has 3 aliphatic heterocycles. The van der Waals surface area contributed by atoms with Crippen LogP contribution >= 0.6 is 0 Å². The van der Waals surface area contributed by atoms with Crippen LogP contribution in [0.3, 0.4) is 0 Å². The highest BCUT2D eigenvalue weighted by atomic mass is 19.4. The summed E-state index contributed by atoms with van der Waals surface area (Å²) in [4.78, 5) is 16.2. The summed E-state index contributed by atoms with van der Waals surface area (Å²) in [5.74, 6) is -0.163. The Morgan fingerprint density at radius 3 is 2.49 bits per heavy atom. The summed E-state index contributed by atoms with van der Waals surface area (Å²) < 4.78 is 52.4. The largest absolute Gasteiger partial charge is 0.465 e. The second-order valence-corrected chi connectivity index (χ2v) is 10.1. The number of carbonyl (C=O) groups excluding carboxylic acids is 1. The number of benzene rings is 2. The van der Waals surface area contributed by atoms with Crippen LogP contribution in [0.2, 0.25) is 0 Å². The topological polar surface area (TPSA) is 54.0 Å². The molecule has 200 valence electrons. The van der Waals surface area contributed by atoms with Crippen LogP contribution < -0.4 is 5.32 Å². The van der Waals surface area contributed by atoms with E-state index in [1.165, 1.54) is 6.07 Å². The highest BCUT2D eigenvalue weighted by Crippen LogP contribution is 2.51. The van der Waals surface area contributed by atoms with Gasteiger partial charge in [0, 0.05) is 49.9 Å². The van der Waals surface area contributed by atoms with Crippen molar-refractivity contribution in [2.45, 2.75) is 44.2 Å².